The van der Waals surface area contributed by atoms with Crippen LogP contribution in [-0.4, -0.2) is 50.3 Å². The number of benzene rings is 2. The van der Waals surface area contributed by atoms with Crippen LogP contribution in [-0.2, 0) is 4.74 Å². The summed E-state index contributed by atoms with van der Waals surface area (Å²) in [7, 11) is 0. The first-order valence-electron chi connectivity index (χ1n) is 10.2. The molecule has 0 unspecified atom stereocenters. The molecule has 0 atom stereocenters. The van der Waals surface area contributed by atoms with E-state index in [2.05, 4.69) is 26.0 Å². The van der Waals surface area contributed by atoms with Crippen molar-refractivity contribution in [2.75, 3.05) is 44.3 Å². The van der Waals surface area contributed by atoms with E-state index in [9.17, 15) is 4.79 Å². The zero-order valence-electron chi connectivity index (χ0n) is 17.3. The Balaban J connectivity index is 1.67. The fourth-order valence-corrected chi connectivity index (χ4v) is 4.92. The average Bonchev–Trinajstić information content (AvgIpc) is 3.13. The SMILES string of the molecule is Cc1cccc(C(=O)N(CC[NH+]2CCOCC2)c2nc3cc(C)cc(C)c3s2)c1. The Kier molecular flexibility index (Phi) is 5.94. The topological polar surface area (TPSA) is 46.9 Å². The number of hydrogen-bond acceptors (Lipinski definition) is 4. The normalized spacial score (nSPS) is 15.0. The quantitative estimate of drug-likeness (QED) is 0.704. The number of ether oxygens (including phenoxy) is 1. The van der Waals surface area contributed by atoms with Crippen LogP contribution in [0.25, 0.3) is 10.2 Å². The highest BCUT2D eigenvalue weighted by atomic mass is 32.1. The Labute approximate surface area is 175 Å². The van der Waals surface area contributed by atoms with Gasteiger partial charge in [0.15, 0.2) is 5.13 Å². The second kappa shape index (κ2) is 8.61. The molecule has 5 nitrogen and oxygen atoms in total. The van der Waals surface area contributed by atoms with E-state index in [1.165, 1.54) is 16.0 Å². The molecule has 6 heteroatoms. The van der Waals surface area contributed by atoms with Gasteiger partial charge in [0.1, 0.15) is 13.1 Å². The molecule has 3 aromatic rings. The maximum Gasteiger partial charge on any atom is 0.260 e. The van der Waals surface area contributed by atoms with E-state index in [-0.39, 0.29) is 5.91 Å². The van der Waals surface area contributed by atoms with Crippen LogP contribution in [0.1, 0.15) is 27.0 Å². The molecule has 1 aromatic heterocycles. The third-order valence-electron chi connectivity index (χ3n) is 5.44. The molecule has 1 N–H and O–H groups in total. The smallest absolute Gasteiger partial charge is 0.260 e. The molecule has 2 aromatic carbocycles. The average molecular weight is 411 g/mol. The van der Waals surface area contributed by atoms with Crippen LogP contribution < -0.4 is 9.80 Å². The van der Waals surface area contributed by atoms with E-state index in [1.807, 2.05) is 36.1 Å². The first-order chi connectivity index (χ1) is 14.0. The van der Waals surface area contributed by atoms with Gasteiger partial charge in [-0.25, -0.2) is 4.98 Å². The molecule has 0 spiro atoms. The van der Waals surface area contributed by atoms with E-state index in [0.29, 0.717) is 12.1 Å². The lowest BCUT2D eigenvalue weighted by Crippen LogP contribution is -3.14. The molecule has 0 bridgehead atoms. The highest BCUT2D eigenvalue weighted by Gasteiger charge is 2.24. The number of rotatable bonds is 5. The Morgan fingerprint density at radius 3 is 2.69 bits per heavy atom. The molecule has 29 heavy (non-hydrogen) atoms. The fourth-order valence-electron chi connectivity index (χ4n) is 3.88. The van der Waals surface area contributed by atoms with Gasteiger partial charge >= 0.3 is 0 Å². The van der Waals surface area contributed by atoms with Crippen molar-refractivity contribution in [1.29, 1.82) is 0 Å². The number of fused-ring (bicyclic) bond motifs is 1. The Morgan fingerprint density at radius 2 is 1.93 bits per heavy atom. The van der Waals surface area contributed by atoms with Crippen molar-refractivity contribution >= 4 is 32.6 Å². The summed E-state index contributed by atoms with van der Waals surface area (Å²) in [6, 6.07) is 12.1. The van der Waals surface area contributed by atoms with Crippen LogP contribution in [0.2, 0.25) is 0 Å². The zero-order chi connectivity index (χ0) is 20.4. The number of nitrogens with zero attached hydrogens (tertiary/aromatic N) is 2. The lowest BCUT2D eigenvalue weighted by atomic mass is 10.1. The summed E-state index contributed by atoms with van der Waals surface area (Å²) >= 11 is 1.61. The minimum absolute atomic E-state index is 0.0230. The molecule has 0 aliphatic carbocycles. The van der Waals surface area contributed by atoms with E-state index in [0.717, 1.165) is 53.8 Å². The second-order valence-corrected chi connectivity index (χ2v) is 8.84. The number of morpholine rings is 1. The van der Waals surface area contributed by atoms with Crippen molar-refractivity contribution in [2.24, 2.45) is 0 Å². The summed E-state index contributed by atoms with van der Waals surface area (Å²) in [5, 5.41) is 0.785. The van der Waals surface area contributed by atoms with Crippen LogP contribution in [0.5, 0.6) is 0 Å². The standard InChI is InChI=1S/C23H27N3O2S/c1-16-5-4-6-19(14-16)22(27)26(8-7-25-9-11-28-12-10-25)23-24-20-15-17(2)13-18(3)21(20)29-23/h4-6,13-15H,7-12H2,1-3H3/p+1. The summed E-state index contributed by atoms with van der Waals surface area (Å²) in [6.07, 6.45) is 0. The molecular formula is C23H28N3O2S+. The lowest BCUT2D eigenvalue weighted by molar-refractivity contribution is -0.906. The van der Waals surface area contributed by atoms with Crippen LogP contribution in [0.15, 0.2) is 36.4 Å². The number of amides is 1. The molecule has 1 aliphatic heterocycles. The number of anilines is 1. The molecule has 4 rings (SSSR count). The minimum atomic E-state index is 0.0230. The number of carbonyl (C=O) groups excluding carboxylic acids is 1. The number of hydrogen-bond donors (Lipinski definition) is 1. The number of aryl methyl sites for hydroxylation is 3. The Morgan fingerprint density at radius 1 is 1.14 bits per heavy atom. The van der Waals surface area contributed by atoms with Gasteiger partial charge in [0, 0.05) is 5.56 Å². The molecule has 152 valence electrons. The van der Waals surface area contributed by atoms with Crippen molar-refractivity contribution in [3.8, 4) is 0 Å². The molecule has 1 saturated heterocycles. The maximum atomic E-state index is 13.5. The monoisotopic (exact) mass is 410 g/mol. The summed E-state index contributed by atoms with van der Waals surface area (Å²) in [4.78, 5) is 21.7. The van der Waals surface area contributed by atoms with Gasteiger partial charge in [-0.1, -0.05) is 35.1 Å². The number of carbonyl (C=O) groups is 1. The van der Waals surface area contributed by atoms with Crippen molar-refractivity contribution in [1.82, 2.24) is 4.98 Å². The minimum Gasteiger partial charge on any atom is -0.370 e. The van der Waals surface area contributed by atoms with Gasteiger partial charge in [-0.15, -0.1) is 0 Å². The predicted molar refractivity (Wildman–Crippen MR) is 118 cm³/mol. The van der Waals surface area contributed by atoms with Crippen LogP contribution in [0.4, 0.5) is 5.13 Å². The van der Waals surface area contributed by atoms with E-state index < -0.39 is 0 Å². The number of aromatic nitrogens is 1. The molecule has 1 amide bonds. The van der Waals surface area contributed by atoms with Gasteiger partial charge in [0.05, 0.1) is 36.5 Å². The zero-order valence-corrected chi connectivity index (χ0v) is 18.1. The summed E-state index contributed by atoms with van der Waals surface area (Å²) in [6.45, 7) is 11.3. The van der Waals surface area contributed by atoms with Gasteiger partial charge in [0.2, 0.25) is 0 Å². The molecule has 0 radical (unpaired) electrons. The lowest BCUT2D eigenvalue weighted by Gasteiger charge is -2.27. The summed E-state index contributed by atoms with van der Waals surface area (Å²) in [5.74, 6) is 0.0230. The molecule has 1 fully saturated rings. The molecule has 1 aliphatic rings. The van der Waals surface area contributed by atoms with Gasteiger partial charge in [0.25, 0.3) is 5.91 Å². The van der Waals surface area contributed by atoms with Gasteiger partial charge in [-0.05, 0) is 50.1 Å². The van der Waals surface area contributed by atoms with Crippen molar-refractivity contribution in [3.63, 3.8) is 0 Å². The fraction of sp³-hybridized carbons (Fsp3) is 0.391. The molecule has 0 saturated carbocycles. The summed E-state index contributed by atoms with van der Waals surface area (Å²) < 4.78 is 6.63. The van der Waals surface area contributed by atoms with Gasteiger partial charge < -0.3 is 9.64 Å². The van der Waals surface area contributed by atoms with E-state index in [4.69, 9.17) is 9.72 Å². The number of thiazole rings is 1. The first-order valence-corrected chi connectivity index (χ1v) is 11.0. The van der Waals surface area contributed by atoms with Crippen LogP contribution in [0, 0.1) is 20.8 Å². The van der Waals surface area contributed by atoms with Crippen molar-refractivity contribution in [3.05, 3.63) is 58.7 Å². The van der Waals surface area contributed by atoms with Gasteiger partial charge in [-0.3, -0.25) is 9.69 Å². The summed E-state index contributed by atoms with van der Waals surface area (Å²) in [5.41, 5.74) is 5.19. The highest BCUT2D eigenvalue weighted by Crippen LogP contribution is 2.32. The van der Waals surface area contributed by atoms with E-state index in [1.54, 1.807) is 11.3 Å². The predicted octanol–water partition coefficient (Wildman–Crippen LogP) is 2.78. The Hall–Kier alpha value is -2.28. The van der Waals surface area contributed by atoms with E-state index >= 15 is 0 Å². The molecular weight excluding hydrogens is 382 g/mol. The Bertz CT molecular complexity index is 1020. The number of quaternary nitrogens is 1. The third kappa shape index (κ3) is 4.50. The second-order valence-electron chi connectivity index (χ2n) is 7.87. The largest absolute Gasteiger partial charge is 0.370 e. The number of nitrogens with one attached hydrogen (secondary N) is 1. The third-order valence-corrected chi connectivity index (χ3v) is 6.67. The van der Waals surface area contributed by atoms with Crippen molar-refractivity contribution in [2.45, 2.75) is 20.8 Å². The maximum absolute atomic E-state index is 13.5. The first kappa shape index (κ1) is 20.0. The van der Waals surface area contributed by atoms with Gasteiger partial charge in [-0.2, -0.15) is 0 Å². The highest BCUT2D eigenvalue weighted by molar-refractivity contribution is 7.22. The molecule has 2 heterocycles. The van der Waals surface area contributed by atoms with Crippen LogP contribution >= 0.6 is 11.3 Å². The van der Waals surface area contributed by atoms with Crippen molar-refractivity contribution < 1.29 is 14.4 Å². The van der Waals surface area contributed by atoms with Crippen LogP contribution in [0.3, 0.4) is 0 Å².